The van der Waals surface area contributed by atoms with Crippen molar-refractivity contribution in [1.82, 2.24) is 19.1 Å². The third-order valence-corrected chi connectivity index (χ3v) is 12.4. The van der Waals surface area contributed by atoms with Crippen LogP contribution in [0.2, 0.25) is 0 Å². The summed E-state index contributed by atoms with van der Waals surface area (Å²) in [5.74, 6) is 0.683. The van der Waals surface area contributed by atoms with Gasteiger partial charge in [0, 0.05) is 43.8 Å². The van der Waals surface area contributed by atoms with E-state index in [-0.39, 0.29) is 5.41 Å². The van der Waals surface area contributed by atoms with Gasteiger partial charge in [0.2, 0.25) is 5.95 Å². The molecule has 278 valence electrons. The van der Waals surface area contributed by atoms with Crippen LogP contribution in [0.1, 0.15) is 25.1 Å². The summed E-state index contributed by atoms with van der Waals surface area (Å²) < 4.78 is 4.63. The van der Waals surface area contributed by atoms with Crippen LogP contribution in [0.5, 0.6) is 0 Å². The summed E-state index contributed by atoms with van der Waals surface area (Å²) in [5, 5.41) is 7.33. The maximum atomic E-state index is 5.44. The molecule has 0 spiro atoms. The Hall–Kier alpha value is -7.56. The second kappa shape index (κ2) is 12.7. The van der Waals surface area contributed by atoms with E-state index < -0.39 is 0 Å². The maximum Gasteiger partial charge on any atom is 0.235 e. The standard InChI is InChI=1S/C55H38N4/c1-55(2)32-31-45-52(37-25-23-36(24-26-37)42-20-12-14-35-13-6-7-17-41(35)42)56-54(57-53(45)55)59-49-22-11-9-19-44(49)47-34-39(28-30-51(47)59)38-27-29-50-46(33-38)43-18-8-10-21-48(43)58(50)40-15-4-3-5-16-40/h3-34H,1-2H3. The third kappa shape index (κ3) is 5.16. The minimum atomic E-state index is -0.237. The number of benzene rings is 8. The molecule has 0 saturated carbocycles. The first-order valence-corrected chi connectivity index (χ1v) is 20.3. The summed E-state index contributed by atoms with van der Waals surface area (Å²) >= 11 is 0. The molecule has 0 bridgehead atoms. The number of hydrogen-bond donors (Lipinski definition) is 0. The molecule has 0 unspecified atom stereocenters. The molecule has 59 heavy (non-hydrogen) atoms. The maximum absolute atomic E-state index is 5.44. The zero-order chi connectivity index (χ0) is 39.2. The van der Waals surface area contributed by atoms with Crippen molar-refractivity contribution in [2.24, 2.45) is 0 Å². The molecule has 4 nitrogen and oxygen atoms in total. The van der Waals surface area contributed by atoms with Gasteiger partial charge in [-0.25, -0.2) is 9.97 Å². The van der Waals surface area contributed by atoms with Gasteiger partial charge in [0.05, 0.1) is 33.5 Å². The Labute approximate surface area is 342 Å². The van der Waals surface area contributed by atoms with Crippen LogP contribution in [0.4, 0.5) is 0 Å². The molecule has 0 radical (unpaired) electrons. The van der Waals surface area contributed by atoms with Gasteiger partial charge in [-0.15, -0.1) is 0 Å². The fraction of sp³-hybridized carbons (Fsp3) is 0.0545. The molecule has 12 rings (SSSR count). The highest BCUT2D eigenvalue weighted by molar-refractivity contribution is 6.12. The number of hydrogen-bond acceptors (Lipinski definition) is 2. The van der Waals surface area contributed by atoms with Crippen molar-refractivity contribution in [2.75, 3.05) is 0 Å². The first-order chi connectivity index (χ1) is 29.0. The van der Waals surface area contributed by atoms with Crippen LogP contribution in [0, 0.1) is 0 Å². The average Bonchev–Trinajstić information content (AvgIpc) is 3.92. The fourth-order valence-electron chi connectivity index (χ4n) is 9.46. The van der Waals surface area contributed by atoms with Crippen LogP contribution in [0.15, 0.2) is 188 Å². The number of fused-ring (bicyclic) bond motifs is 8. The van der Waals surface area contributed by atoms with Crippen molar-refractivity contribution < 1.29 is 0 Å². The highest BCUT2D eigenvalue weighted by Gasteiger charge is 2.31. The van der Waals surface area contributed by atoms with Crippen molar-refractivity contribution in [3.05, 3.63) is 199 Å². The van der Waals surface area contributed by atoms with Gasteiger partial charge in [0.1, 0.15) is 0 Å². The van der Waals surface area contributed by atoms with Gasteiger partial charge in [-0.1, -0.05) is 159 Å². The Morgan fingerprint density at radius 3 is 1.68 bits per heavy atom. The van der Waals surface area contributed by atoms with Crippen molar-refractivity contribution in [1.29, 1.82) is 0 Å². The summed E-state index contributed by atoms with van der Waals surface area (Å²) in [6.45, 7) is 4.48. The van der Waals surface area contributed by atoms with E-state index >= 15 is 0 Å². The van der Waals surface area contributed by atoms with E-state index in [2.05, 4.69) is 217 Å². The lowest BCUT2D eigenvalue weighted by Crippen LogP contribution is -2.16. The SMILES string of the molecule is CC1(C)C=Cc2c(-c3ccc(-c4cccc5ccccc45)cc3)nc(-n3c4ccccc4c4cc(-c5ccc6c(c5)c5ccccc5n6-c5ccccc5)ccc43)nc21. The van der Waals surface area contributed by atoms with E-state index in [9.17, 15) is 0 Å². The topological polar surface area (TPSA) is 35.6 Å². The van der Waals surface area contributed by atoms with E-state index in [4.69, 9.17) is 9.97 Å². The molecule has 1 aliphatic carbocycles. The Morgan fingerprint density at radius 1 is 0.424 bits per heavy atom. The zero-order valence-electron chi connectivity index (χ0n) is 32.8. The van der Waals surface area contributed by atoms with E-state index in [1.54, 1.807) is 0 Å². The van der Waals surface area contributed by atoms with E-state index in [1.807, 2.05) is 0 Å². The fourth-order valence-corrected chi connectivity index (χ4v) is 9.46. The highest BCUT2D eigenvalue weighted by Crippen LogP contribution is 2.42. The zero-order valence-corrected chi connectivity index (χ0v) is 32.8. The normalized spacial score (nSPS) is 13.3. The van der Waals surface area contributed by atoms with Gasteiger partial charge in [-0.05, 0) is 81.6 Å². The molecule has 3 aromatic heterocycles. The number of nitrogens with zero attached hydrogens (tertiary/aromatic N) is 4. The lowest BCUT2D eigenvalue weighted by atomic mass is 9.90. The lowest BCUT2D eigenvalue weighted by molar-refractivity contribution is 0.651. The second-order valence-electron chi connectivity index (χ2n) is 16.3. The first-order valence-electron chi connectivity index (χ1n) is 20.3. The van der Waals surface area contributed by atoms with Gasteiger partial charge in [-0.3, -0.25) is 4.57 Å². The predicted molar refractivity (Wildman–Crippen MR) is 247 cm³/mol. The molecule has 8 aromatic carbocycles. The molecular weight excluding hydrogens is 717 g/mol. The van der Waals surface area contributed by atoms with E-state index in [0.717, 1.165) is 39.2 Å². The molecule has 0 N–H and O–H groups in total. The molecule has 3 heterocycles. The van der Waals surface area contributed by atoms with Crippen LogP contribution in [-0.2, 0) is 5.41 Å². The monoisotopic (exact) mass is 754 g/mol. The second-order valence-corrected chi connectivity index (χ2v) is 16.3. The first kappa shape index (κ1) is 33.6. The summed E-state index contributed by atoms with van der Waals surface area (Å²) in [5.41, 5.74) is 14.4. The summed E-state index contributed by atoms with van der Waals surface area (Å²) in [6.07, 6.45) is 4.47. The smallest absolute Gasteiger partial charge is 0.235 e. The van der Waals surface area contributed by atoms with E-state index in [1.165, 1.54) is 65.6 Å². The van der Waals surface area contributed by atoms with Gasteiger partial charge in [0.15, 0.2) is 0 Å². The van der Waals surface area contributed by atoms with Crippen LogP contribution in [-0.4, -0.2) is 19.1 Å². The molecule has 1 aliphatic rings. The average molecular weight is 755 g/mol. The Balaban J connectivity index is 1.01. The lowest BCUT2D eigenvalue weighted by Gasteiger charge is -2.20. The largest absolute Gasteiger partial charge is 0.309 e. The van der Waals surface area contributed by atoms with Gasteiger partial charge >= 0.3 is 0 Å². The number of allylic oxidation sites excluding steroid dienone is 1. The quantitative estimate of drug-likeness (QED) is 0.175. The Kier molecular flexibility index (Phi) is 7.24. The molecule has 0 aliphatic heterocycles. The minimum Gasteiger partial charge on any atom is -0.309 e. The Bertz CT molecular complexity index is 3510. The summed E-state index contributed by atoms with van der Waals surface area (Å²) in [6, 6.07) is 65.7. The van der Waals surface area contributed by atoms with Gasteiger partial charge in [0.25, 0.3) is 0 Å². The molecule has 11 aromatic rings. The summed E-state index contributed by atoms with van der Waals surface area (Å²) in [7, 11) is 0. The van der Waals surface area contributed by atoms with Crippen LogP contribution in [0.3, 0.4) is 0 Å². The van der Waals surface area contributed by atoms with Crippen molar-refractivity contribution >= 4 is 60.5 Å². The van der Waals surface area contributed by atoms with Gasteiger partial charge in [-0.2, -0.15) is 0 Å². The van der Waals surface area contributed by atoms with Crippen molar-refractivity contribution in [3.8, 4) is 45.1 Å². The van der Waals surface area contributed by atoms with E-state index in [0.29, 0.717) is 5.95 Å². The Morgan fingerprint density at radius 2 is 0.966 bits per heavy atom. The van der Waals surface area contributed by atoms with Crippen molar-refractivity contribution in [3.63, 3.8) is 0 Å². The molecule has 0 amide bonds. The number of para-hydroxylation sites is 3. The molecule has 4 heteroatoms. The number of aromatic nitrogens is 4. The minimum absolute atomic E-state index is 0.237. The van der Waals surface area contributed by atoms with Crippen LogP contribution in [0.25, 0.3) is 106 Å². The molecular formula is C55H38N4. The van der Waals surface area contributed by atoms with Crippen molar-refractivity contribution in [2.45, 2.75) is 19.3 Å². The molecule has 0 saturated heterocycles. The molecule has 0 fully saturated rings. The molecule has 0 atom stereocenters. The number of rotatable bonds is 5. The van der Waals surface area contributed by atoms with Gasteiger partial charge < -0.3 is 4.57 Å². The summed E-state index contributed by atoms with van der Waals surface area (Å²) in [4.78, 5) is 10.8. The van der Waals surface area contributed by atoms with Crippen LogP contribution >= 0.6 is 0 Å². The third-order valence-electron chi connectivity index (χ3n) is 12.4. The predicted octanol–water partition coefficient (Wildman–Crippen LogP) is 14.1. The highest BCUT2D eigenvalue weighted by atomic mass is 15.2. The van der Waals surface area contributed by atoms with Crippen LogP contribution < -0.4 is 0 Å².